The molecule has 0 aliphatic heterocycles. The molecule has 5 aromatic rings. The molecule has 164 valence electrons. The van der Waals surface area contributed by atoms with Crippen molar-refractivity contribution < 1.29 is 4.79 Å². The summed E-state index contributed by atoms with van der Waals surface area (Å²) in [5.41, 5.74) is 3.70. The Labute approximate surface area is 195 Å². The molecule has 0 aliphatic rings. The summed E-state index contributed by atoms with van der Waals surface area (Å²) in [7, 11) is 1.75. The zero-order chi connectivity index (χ0) is 22.9. The zero-order valence-corrected chi connectivity index (χ0v) is 18.7. The number of H-pyrrole nitrogens is 1. The summed E-state index contributed by atoms with van der Waals surface area (Å²) >= 11 is 6.59. The van der Waals surface area contributed by atoms with E-state index in [1.807, 2.05) is 60.7 Å². The summed E-state index contributed by atoms with van der Waals surface area (Å²) in [6, 6.07) is 23.0. The van der Waals surface area contributed by atoms with E-state index < -0.39 is 0 Å². The van der Waals surface area contributed by atoms with E-state index in [0.29, 0.717) is 39.5 Å². The second-order valence-corrected chi connectivity index (χ2v) is 8.34. The van der Waals surface area contributed by atoms with Crippen molar-refractivity contribution in [2.45, 2.75) is 6.42 Å². The fourth-order valence-corrected chi connectivity index (χ4v) is 4.23. The Morgan fingerprint density at radius 2 is 1.73 bits per heavy atom. The van der Waals surface area contributed by atoms with E-state index in [1.165, 1.54) is 0 Å². The number of nitrogens with zero attached hydrogens (tertiary/aromatic N) is 3. The lowest BCUT2D eigenvalue weighted by Gasteiger charge is -2.18. The minimum Gasteiger partial charge on any atom is -0.341 e. The Bertz CT molecular complexity index is 1520. The highest BCUT2D eigenvalue weighted by Crippen LogP contribution is 2.27. The third-order valence-corrected chi connectivity index (χ3v) is 6.07. The van der Waals surface area contributed by atoms with Gasteiger partial charge in [0.15, 0.2) is 0 Å². The average Bonchev–Trinajstić information content (AvgIpc) is 3.30. The number of amides is 1. The fraction of sp³-hybridized carbons (Fsp3) is 0.115. The van der Waals surface area contributed by atoms with E-state index in [9.17, 15) is 9.59 Å². The van der Waals surface area contributed by atoms with Gasteiger partial charge in [0.05, 0.1) is 27.8 Å². The van der Waals surface area contributed by atoms with Crippen LogP contribution in [-0.4, -0.2) is 38.8 Å². The molecule has 1 N–H and O–H groups in total. The second-order valence-electron chi connectivity index (χ2n) is 7.93. The molecule has 2 aromatic heterocycles. The molecule has 7 heteroatoms. The molecule has 0 saturated carbocycles. The predicted octanol–water partition coefficient (Wildman–Crippen LogP) is 4.81. The highest BCUT2D eigenvalue weighted by atomic mass is 35.5. The van der Waals surface area contributed by atoms with Crippen LogP contribution in [0.15, 0.2) is 83.8 Å². The van der Waals surface area contributed by atoms with E-state index in [0.717, 1.165) is 17.5 Å². The van der Waals surface area contributed by atoms with Gasteiger partial charge in [0.2, 0.25) is 0 Å². The predicted molar refractivity (Wildman–Crippen MR) is 131 cm³/mol. The second kappa shape index (κ2) is 8.56. The number of hydrogen-bond acceptors (Lipinski definition) is 3. The van der Waals surface area contributed by atoms with E-state index >= 15 is 0 Å². The van der Waals surface area contributed by atoms with Crippen molar-refractivity contribution in [1.29, 1.82) is 0 Å². The summed E-state index contributed by atoms with van der Waals surface area (Å²) in [5, 5.41) is 0.320. The molecule has 33 heavy (non-hydrogen) atoms. The molecule has 0 bridgehead atoms. The maximum absolute atomic E-state index is 13.1. The molecule has 0 unspecified atom stereocenters. The van der Waals surface area contributed by atoms with Gasteiger partial charge in [-0.05, 0) is 24.1 Å². The van der Waals surface area contributed by atoms with Gasteiger partial charge in [-0.1, -0.05) is 72.3 Å². The molecule has 0 atom stereocenters. The number of carbonyl (C=O) groups excluding carboxylic acids is 1. The number of carbonyl (C=O) groups is 1. The first kappa shape index (κ1) is 21.0. The van der Waals surface area contributed by atoms with Crippen LogP contribution in [0.5, 0.6) is 0 Å². The number of aromatic nitrogens is 3. The summed E-state index contributed by atoms with van der Waals surface area (Å²) < 4.78 is 1.78. The van der Waals surface area contributed by atoms with Crippen LogP contribution in [0.1, 0.15) is 15.9 Å². The van der Waals surface area contributed by atoms with Crippen LogP contribution in [0, 0.1) is 0 Å². The molecule has 3 aromatic carbocycles. The van der Waals surface area contributed by atoms with E-state index in [4.69, 9.17) is 11.6 Å². The molecule has 0 aliphatic carbocycles. The number of rotatable bonds is 5. The molecule has 0 radical (unpaired) electrons. The summed E-state index contributed by atoms with van der Waals surface area (Å²) in [6.07, 6.45) is 2.28. The maximum Gasteiger partial charge on any atom is 0.274 e. The van der Waals surface area contributed by atoms with Crippen LogP contribution in [0.25, 0.3) is 27.9 Å². The Balaban J connectivity index is 1.55. The number of aromatic amines is 1. The molecular formula is C26H21ClN4O2. The van der Waals surface area contributed by atoms with Crippen molar-refractivity contribution in [3.63, 3.8) is 0 Å². The fourth-order valence-electron chi connectivity index (χ4n) is 3.99. The largest absolute Gasteiger partial charge is 0.341 e. The van der Waals surface area contributed by atoms with Gasteiger partial charge in [0.25, 0.3) is 11.5 Å². The summed E-state index contributed by atoms with van der Waals surface area (Å²) in [6.45, 7) is 0.548. The molecule has 5 rings (SSSR count). The zero-order valence-electron chi connectivity index (χ0n) is 18.0. The lowest BCUT2D eigenvalue weighted by Crippen LogP contribution is -2.29. The van der Waals surface area contributed by atoms with Gasteiger partial charge in [-0.25, -0.2) is 4.98 Å². The average molecular weight is 457 g/mol. The van der Waals surface area contributed by atoms with Gasteiger partial charge in [0, 0.05) is 19.2 Å². The Morgan fingerprint density at radius 3 is 2.45 bits per heavy atom. The molecule has 0 fully saturated rings. The highest BCUT2D eigenvalue weighted by molar-refractivity contribution is 6.34. The van der Waals surface area contributed by atoms with Crippen LogP contribution in [-0.2, 0) is 6.42 Å². The molecule has 2 heterocycles. The van der Waals surface area contributed by atoms with Gasteiger partial charge < -0.3 is 9.88 Å². The standard InChI is InChI=1S/C26H21ClN4O2/c1-30(13-12-17-8-4-2-5-9-17)26(33)19-14-21-22(15-20(19)27)31-23(25(32)29-21)16-28-24(31)18-10-6-3-7-11-18/h2-11,14-16H,12-13H2,1H3,(H,29,32). The maximum atomic E-state index is 13.1. The quantitative estimate of drug-likeness (QED) is 0.412. The Morgan fingerprint density at radius 1 is 1.03 bits per heavy atom. The third-order valence-electron chi connectivity index (χ3n) is 5.76. The molecule has 1 amide bonds. The van der Waals surface area contributed by atoms with Crippen molar-refractivity contribution in [1.82, 2.24) is 19.3 Å². The Hall–Kier alpha value is -3.90. The van der Waals surface area contributed by atoms with Crippen LogP contribution in [0.2, 0.25) is 5.02 Å². The van der Waals surface area contributed by atoms with Gasteiger partial charge in [-0.2, -0.15) is 0 Å². The van der Waals surface area contributed by atoms with Crippen LogP contribution in [0.3, 0.4) is 0 Å². The van der Waals surface area contributed by atoms with Crippen molar-refractivity contribution in [3.8, 4) is 11.4 Å². The van der Waals surface area contributed by atoms with Crippen LogP contribution in [0.4, 0.5) is 0 Å². The van der Waals surface area contributed by atoms with Gasteiger partial charge in [-0.15, -0.1) is 0 Å². The third kappa shape index (κ3) is 3.90. The molecular weight excluding hydrogens is 436 g/mol. The topological polar surface area (TPSA) is 70.5 Å². The van der Waals surface area contributed by atoms with Crippen LogP contribution >= 0.6 is 11.6 Å². The number of benzene rings is 3. The number of likely N-dealkylation sites (N-methyl/N-ethyl adjacent to an activating group) is 1. The summed E-state index contributed by atoms with van der Waals surface area (Å²) in [5.74, 6) is 0.435. The number of halogens is 1. The lowest BCUT2D eigenvalue weighted by molar-refractivity contribution is 0.0797. The number of nitrogens with one attached hydrogen (secondary N) is 1. The lowest BCUT2D eigenvalue weighted by atomic mass is 10.1. The van der Waals surface area contributed by atoms with Crippen molar-refractivity contribution in [3.05, 3.63) is 105 Å². The summed E-state index contributed by atoms with van der Waals surface area (Å²) in [4.78, 5) is 34.9. The molecule has 0 saturated heterocycles. The van der Waals surface area contributed by atoms with Crippen LogP contribution < -0.4 is 5.56 Å². The van der Waals surface area contributed by atoms with Gasteiger partial charge >= 0.3 is 0 Å². The monoisotopic (exact) mass is 456 g/mol. The normalized spacial score (nSPS) is 11.2. The Kier molecular flexibility index (Phi) is 5.44. The molecule has 0 spiro atoms. The van der Waals surface area contributed by atoms with Crippen molar-refractivity contribution in [2.24, 2.45) is 0 Å². The van der Waals surface area contributed by atoms with Crippen molar-refractivity contribution in [2.75, 3.05) is 13.6 Å². The smallest absolute Gasteiger partial charge is 0.274 e. The highest BCUT2D eigenvalue weighted by Gasteiger charge is 2.19. The van der Waals surface area contributed by atoms with Crippen molar-refractivity contribution >= 4 is 34.1 Å². The minimum absolute atomic E-state index is 0.201. The first-order valence-electron chi connectivity index (χ1n) is 10.6. The minimum atomic E-state index is -0.282. The van der Waals surface area contributed by atoms with Gasteiger partial charge in [0.1, 0.15) is 11.3 Å². The first-order chi connectivity index (χ1) is 16.0. The van der Waals surface area contributed by atoms with Gasteiger partial charge in [-0.3, -0.25) is 14.0 Å². The van der Waals surface area contributed by atoms with E-state index in [2.05, 4.69) is 9.97 Å². The SMILES string of the molecule is CN(CCc1ccccc1)C(=O)c1cc2[nH]c(=O)c3cnc(-c4ccccc4)n3c2cc1Cl. The van der Waals surface area contributed by atoms with E-state index in [-0.39, 0.29) is 11.5 Å². The first-order valence-corrected chi connectivity index (χ1v) is 11.0. The van der Waals surface area contributed by atoms with E-state index in [1.54, 1.807) is 34.7 Å². The molecule has 6 nitrogen and oxygen atoms in total. The number of hydrogen-bond donors (Lipinski definition) is 1. The number of imidazole rings is 1. The number of fused-ring (bicyclic) bond motifs is 3.